The predicted molar refractivity (Wildman–Crippen MR) is 82.6 cm³/mol. The average Bonchev–Trinajstić information content (AvgIpc) is 2.89. The van der Waals surface area contributed by atoms with E-state index < -0.39 is 0 Å². The van der Waals surface area contributed by atoms with Gasteiger partial charge < -0.3 is 10.3 Å². The first-order chi connectivity index (χ1) is 9.86. The van der Waals surface area contributed by atoms with E-state index in [2.05, 4.69) is 46.1 Å². The van der Waals surface area contributed by atoms with Crippen molar-refractivity contribution in [1.29, 1.82) is 0 Å². The predicted octanol–water partition coefficient (Wildman–Crippen LogP) is 2.78. The molecule has 3 rings (SSSR count). The second-order valence-electron chi connectivity index (χ2n) is 5.01. The van der Waals surface area contributed by atoms with E-state index in [-0.39, 0.29) is 0 Å². The van der Waals surface area contributed by atoms with Gasteiger partial charge in [0.05, 0.1) is 0 Å². The van der Waals surface area contributed by atoms with Gasteiger partial charge >= 0.3 is 0 Å². The van der Waals surface area contributed by atoms with E-state index in [1.165, 1.54) is 16.5 Å². The Morgan fingerprint density at radius 3 is 2.80 bits per heavy atom. The Kier molecular flexibility index (Phi) is 3.79. The van der Waals surface area contributed by atoms with Crippen LogP contribution in [0.4, 0.5) is 0 Å². The first-order valence-electron chi connectivity index (χ1n) is 7.04. The summed E-state index contributed by atoms with van der Waals surface area (Å²) in [7, 11) is 0. The number of benzene rings is 1. The number of fused-ring (bicyclic) bond motifs is 1. The lowest BCUT2D eigenvalue weighted by molar-refractivity contribution is 0.710. The summed E-state index contributed by atoms with van der Waals surface area (Å²) in [6, 6.07) is 14.8. The summed E-state index contributed by atoms with van der Waals surface area (Å²) in [6.07, 6.45) is 5.90. The van der Waals surface area contributed by atoms with Gasteiger partial charge in [-0.3, -0.25) is 4.98 Å². The Morgan fingerprint density at radius 2 is 2.00 bits per heavy atom. The highest BCUT2D eigenvalue weighted by atomic mass is 14.9. The Hall–Kier alpha value is -2.13. The molecule has 0 aliphatic carbocycles. The second kappa shape index (κ2) is 5.88. The van der Waals surface area contributed by atoms with Crippen LogP contribution in [0.15, 0.2) is 54.9 Å². The van der Waals surface area contributed by atoms with Gasteiger partial charge in [-0.2, -0.15) is 0 Å². The fourth-order valence-electron chi connectivity index (χ4n) is 2.55. The number of pyridine rings is 1. The molecule has 0 spiro atoms. The van der Waals surface area contributed by atoms with E-state index in [0.29, 0.717) is 6.54 Å². The molecule has 0 saturated heterocycles. The monoisotopic (exact) mass is 265 g/mol. The molecule has 3 heteroatoms. The van der Waals surface area contributed by atoms with Crippen molar-refractivity contribution in [2.45, 2.75) is 19.4 Å². The molecule has 2 aromatic heterocycles. The Bertz CT molecular complexity index is 686. The molecule has 0 radical (unpaired) electrons. The maximum Gasteiger partial charge on any atom is 0.0480 e. The summed E-state index contributed by atoms with van der Waals surface area (Å²) in [5, 5.41) is 1.29. The standard InChI is InChI=1S/C17H19N3/c18-9-6-14-4-5-17-15(13-14)7-11-20(17)12-8-16-3-1-2-10-19-16/h1-5,7,10-11,13H,6,8-9,12,18H2. The molecule has 0 atom stereocenters. The van der Waals surface area contributed by atoms with E-state index in [9.17, 15) is 0 Å². The van der Waals surface area contributed by atoms with Crippen LogP contribution in [0.5, 0.6) is 0 Å². The minimum Gasteiger partial charge on any atom is -0.347 e. The summed E-state index contributed by atoms with van der Waals surface area (Å²) < 4.78 is 2.29. The third-order valence-electron chi connectivity index (χ3n) is 3.60. The highest BCUT2D eigenvalue weighted by Gasteiger charge is 2.03. The fraction of sp³-hybridized carbons (Fsp3) is 0.235. The van der Waals surface area contributed by atoms with E-state index >= 15 is 0 Å². The lowest BCUT2D eigenvalue weighted by Gasteiger charge is -2.06. The van der Waals surface area contributed by atoms with Crippen molar-refractivity contribution in [2.24, 2.45) is 5.73 Å². The van der Waals surface area contributed by atoms with Crippen molar-refractivity contribution in [3.63, 3.8) is 0 Å². The summed E-state index contributed by atoms with van der Waals surface area (Å²) >= 11 is 0. The van der Waals surface area contributed by atoms with Gasteiger partial charge in [-0.25, -0.2) is 0 Å². The van der Waals surface area contributed by atoms with E-state index in [1.54, 1.807) is 0 Å². The molecular formula is C17H19N3. The lowest BCUT2D eigenvalue weighted by Crippen LogP contribution is -2.03. The van der Waals surface area contributed by atoms with E-state index in [0.717, 1.165) is 25.1 Å². The van der Waals surface area contributed by atoms with Crippen molar-refractivity contribution in [2.75, 3.05) is 6.54 Å². The van der Waals surface area contributed by atoms with Crippen molar-refractivity contribution >= 4 is 10.9 Å². The number of rotatable bonds is 5. The smallest absolute Gasteiger partial charge is 0.0480 e. The molecule has 0 unspecified atom stereocenters. The van der Waals surface area contributed by atoms with Crippen LogP contribution in [-0.4, -0.2) is 16.1 Å². The summed E-state index contributed by atoms with van der Waals surface area (Å²) in [5.41, 5.74) is 9.33. The third-order valence-corrected chi connectivity index (χ3v) is 3.60. The van der Waals surface area contributed by atoms with Crippen LogP contribution in [0, 0.1) is 0 Å². The molecule has 3 nitrogen and oxygen atoms in total. The Labute approximate surface area is 119 Å². The highest BCUT2D eigenvalue weighted by Crippen LogP contribution is 2.18. The molecule has 1 aromatic carbocycles. The van der Waals surface area contributed by atoms with Crippen LogP contribution < -0.4 is 5.73 Å². The van der Waals surface area contributed by atoms with Crippen LogP contribution >= 0.6 is 0 Å². The van der Waals surface area contributed by atoms with Crippen LogP contribution in [0.2, 0.25) is 0 Å². The largest absolute Gasteiger partial charge is 0.347 e. The average molecular weight is 265 g/mol. The van der Waals surface area contributed by atoms with Crippen LogP contribution in [0.25, 0.3) is 10.9 Å². The molecule has 20 heavy (non-hydrogen) atoms. The number of nitrogens with zero attached hydrogens (tertiary/aromatic N) is 2. The maximum absolute atomic E-state index is 5.61. The SMILES string of the molecule is NCCc1ccc2c(ccn2CCc2ccccn2)c1. The number of hydrogen-bond donors (Lipinski definition) is 1. The minimum absolute atomic E-state index is 0.700. The Balaban J connectivity index is 1.78. The van der Waals surface area contributed by atoms with Crippen LogP contribution in [-0.2, 0) is 19.4 Å². The zero-order chi connectivity index (χ0) is 13.8. The van der Waals surface area contributed by atoms with Gasteiger partial charge in [0, 0.05) is 36.6 Å². The topological polar surface area (TPSA) is 43.8 Å². The molecule has 2 heterocycles. The first kappa shape index (κ1) is 12.9. The van der Waals surface area contributed by atoms with Gasteiger partial charge in [-0.1, -0.05) is 12.1 Å². The molecule has 0 fully saturated rings. The Morgan fingerprint density at radius 1 is 1.05 bits per heavy atom. The molecule has 0 saturated carbocycles. The van der Waals surface area contributed by atoms with Crippen LogP contribution in [0.1, 0.15) is 11.3 Å². The number of aryl methyl sites for hydroxylation is 2. The van der Waals surface area contributed by atoms with Gasteiger partial charge in [0.25, 0.3) is 0 Å². The summed E-state index contributed by atoms with van der Waals surface area (Å²) in [4.78, 5) is 4.37. The lowest BCUT2D eigenvalue weighted by atomic mass is 10.1. The zero-order valence-electron chi connectivity index (χ0n) is 11.5. The molecule has 0 aliphatic rings. The van der Waals surface area contributed by atoms with Crippen molar-refractivity contribution in [3.05, 3.63) is 66.1 Å². The number of nitrogens with two attached hydrogens (primary N) is 1. The number of aromatic nitrogens is 2. The van der Waals surface area contributed by atoms with Crippen molar-refractivity contribution < 1.29 is 0 Å². The zero-order valence-corrected chi connectivity index (χ0v) is 11.5. The minimum atomic E-state index is 0.700. The van der Waals surface area contributed by atoms with Gasteiger partial charge in [-0.15, -0.1) is 0 Å². The summed E-state index contributed by atoms with van der Waals surface area (Å²) in [6.45, 7) is 1.66. The molecule has 102 valence electrons. The maximum atomic E-state index is 5.61. The van der Waals surface area contributed by atoms with Gasteiger partial charge in [0.1, 0.15) is 0 Å². The van der Waals surface area contributed by atoms with Crippen molar-refractivity contribution in [3.8, 4) is 0 Å². The first-order valence-corrected chi connectivity index (χ1v) is 7.04. The van der Waals surface area contributed by atoms with Gasteiger partial charge in [-0.05, 0) is 54.2 Å². The normalized spacial score (nSPS) is 11.1. The quantitative estimate of drug-likeness (QED) is 0.771. The fourth-order valence-corrected chi connectivity index (χ4v) is 2.55. The van der Waals surface area contributed by atoms with Gasteiger partial charge in [0.15, 0.2) is 0 Å². The van der Waals surface area contributed by atoms with E-state index in [1.807, 2.05) is 18.3 Å². The van der Waals surface area contributed by atoms with Crippen LogP contribution in [0.3, 0.4) is 0 Å². The molecule has 0 amide bonds. The molecule has 2 N–H and O–H groups in total. The number of hydrogen-bond acceptors (Lipinski definition) is 2. The molecule has 0 bridgehead atoms. The molecule has 0 aliphatic heterocycles. The summed E-state index contributed by atoms with van der Waals surface area (Å²) in [5.74, 6) is 0. The molecular weight excluding hydrogens is 246 g/mol. The third kappa shape index (κ3) is 2.73. The van der Waals surface area contributed by atoms with E-state index in [4.69, 9.17) is 5.73 Å². The molecule has 3 aromatic rings. The second-order valence-corrected chi connectivity index (χ2v) is 5.01. The highest BCUT2D eigenvalue weighted by molar-refractivity contribution is 5.80. The van der Waals surface area contributed by atoms with Gasteiger partial charge in [0.2, 0.25) is 0 Å². The van der Waals surface area contributed by atoms with Crippen molar-refractivity contribution in [1.82, 2.24) is 9.55 Å².